The van der Waals surface area contributed by atoms with Gasteiger partial charge < -0.3 is 10.6 Å². The van der Waals surface area contributed by atoms with Crippen LogP contribution in [0.25, 0.3) is 0 Å². The van der Waals surface area contributed by atoms with Gasteiger partial charge in [0.25, 0.3) is 0 Å². The molecule has 3 amide bonds. The Labute approximate surface area is 119 Å². The van der Waals surface area contributed by atoms with E-state index in [-0.39, 0.29) is 11.9 Å². The van der Waals surface area contributed by atoms with E-state index in [0.717, 1.165) is 43.7 Å². The van der Waals surface area contributed by atoms with Gasteiger partial charge in [0.05, 0.1) is 0 Å². The molecule has 0 bridgehead atoms. The highest BCUT2D eigenvalue weighted by Crippen LogP contribution is 2.19. The molecular weight excluding hydrogens is 254 g/mol. The smallest absolute Gasteiger partial charge is 0.321 e. The number of benzene rings is 1. The summed E-state index contributed by atoms with van der Waals surface area (Å²) in [5, 5.41) is 5.68. The van der Waals surface area contributed by atoms with Crippen LogP contribution in [0.5, 0.6) is 0 Å². The number of carbonyl (C=O) groups excluding carboxylic acids is 2. The van der Waals surface area contributed by atoms with Crippen LogP contribution in [0.2, 0.25) is 0 Å². The number of carbonyl (C=O) groups is 2. The molecule has 1 aromatic rings. The van der Waals surface area contributed by atoms with Crippen LogP contribution >= 0.6 is 0 Å². The standard InChI is InChI=1S/C15H21N3O2/c1-2-3-5-14(19)17-12-6-8-13(9-7-12)18-11-4-10-16-15(18)20/h6-9H,2-5,10-11H2,1H3,(H,16,20)(H,17,19). The summed E-state index contributed by atoms with van der Waals surface area (Å²) in [6, 6.07) is 7.33. The lowest BCUT2D eigenvalue weighted by molar-refractivity contribution is -0.116. The van der Waals surface area contributed by atoms with Crippen molar-refractivity contribution in [1.29, 1.82) is 0 Å². The first-order chi connectivity index (χ1) is 9.70. The van der Waals surface area contributed by atoms with Crippen molar-refractivity contribution in [2.75, 3.05) is 23.3 Å². The van der Waals surface area contributed by atoms with Gasteiger partial charge in [0, 0.05) is 30.9 Å². The molecule has 1 aliphatic rings. The van der Waals surface area contributed by atoms with E-state index in [9.17, 15) is 9.59 Å². The van der Waals surface area contributed by atoms with Crippen molar-refractivity contribution in [2.24, 2.45) is 0 Å². The first kappa shape index (κ1) is 14.4. The Morgan fingerprint density at radius 1 is 1.35 bits per heavy atom. The fourth-order valence-corrected chi connectivity index (χ4v) is 2.16. The molecule has 0 unspecified atom stereocenters. The summed E-state index contributed by atoms with van der Waals surface area (Å²) in [7, 11) is 0. The van der Waals surface area contributed by atoms with Crippen LogP contribution < -0.4 is 15.5 Å². The quantitative estimate of drug-likeness (QED) is 0.868. The number of hydrogen-bond donors (Lipinski definition) is 2. The van der Waals surface area contributed by atoms with Crippen molar-refractivity contribution in [1.82, 2.24) is 5.32 Å². The molecule has 1 fully saturated rings. The molecule has 2 rings (SSSR count). The first-order valence-corrected chi connectivity index (χ1v) is 7.16. The summed E-state index contributed by atoms with van der Waals surface area (Å²) in [5.41, 5.74) is 1.63. The largest absolute Gasteiger partial charge is 0.338 e. The van der Waals surface area contributed by atoms with Crippen molar-refractivity contribution in [3.63, 3.8) is 0 Å². The second-order valence-electron chi connectivity index (χ2n) is 4.94. The number of nitrogens with zero attached hydrogens (tertiary/aromatic N) is 1. The van der Waals surface area contributed by atoms with Gasteiger partial charge >= 0.3 is 6.03 Å². The van der Waals surface area contributed by atoms with Gasteiger partial charge in [-0.3, -0.25) is 9.69 Å². The third-order valence-corrected chi connectivity index (χ3v) is 3.30. The molecule has 2 N–H and O–H groups in total. The number of amides is 3. The van der Waals surface area contributed by atoms with Gasteiger partial charge in [-0.2, -0.15) is 0 Å². The average molecular weight is 275 g/mol. The molecule has 5 nitrogen and oxygen atoms in total. The minimum absolute atomic E-state index is 0.0373. The zero-order valence-corrected chi connectivity index (χ0v) is 11.8. The molecule has 5 heteroatoms. The van der Waals surface area contributed by atoms with Crippen LogP contribution in [-0.2, 0) is 4.79 Å². The average Bonchev–Trinajstić information content (AvgIpc) is 2.47. The van der Waals surface area contributed by atoms with Crippen molar-refractivity contribution >= 4 is 23.3 Å². The lowest BCUT2D eigenvalue weighted by atomic mass is 10.2. The summed E-state index contributed by atoms with van der Waals surface area (Å²) >= 11 is 0. The topological polar surface area (TPSA) is 61.4 Å². The van der Waals surface area contributed by atoms with Gasteiger partial charge in [-0.05, 0) is 37.1 Å². The number of hydrogen-bond acceptors (Lipinski definition) is 2. The van der Waals surface area contributed by atoms with Crippen LogP contribution in [0.1, 0.15) is 32.6 Å². The van der Waals surface area contributed by atoms with Gasteiger partial charge in [-0.25, -0.2) is 4.79 Å². The van der Waals surface area contributed by atoms with Crippen molar-refractivity contribution < 1.29 is 9.59 Å². The van der Waals surface area contributed by atoms with Crippen molar-refractivity contribution in [2.45, 2.75) is 32.6 Å². The molecule has 0 aliphatic carbocycles. The predicted molar refractivity (Wildman–Crippen MR) is 80.0 cm³/mol. The minimum atomic E-state index is -0.0593. The molecule has 1 aliphatic heterocycles. The fraction of sp³-hybridized carbons (Fsp3) is 0.467. The van der Waals surface area contributed by atoms with Gasteiger partial charge in [0.1, 0.15) is 0 Å². The Morgan fingerprint density at radius 2 is 2.10 bits per heavy atom. The Kier molecular flexibility index (Phi) is 4.98. The third-order valence-electron chi connectivity index (χ3n) is 3.30. The van der Waals surface area contributed by atoms with Crippen LogP contribution in [0.4, 0.5) is 16.2 Å². The fourth-order valence-electron chi connectivity index (χ4n) is 2.16. The number of nitrogens with one attached hydrogen (secondary N) is 2. The minimum Gasteiger partial charge on any atom is -0.338 e. The van der Waals surface area contributed by atoms with E-state index in [4.69, 9.17) is 0 Å². The lowest BCUT2D eigenvalue weighted by Gasteiger charge is -2.27. The number of rotatable bonds is 5. The third kappa shape index (κ3) is 3.73. The molecule has 0 spiro atoms. The summed E-state index contributed by atoms with van der Waals surface area (Å²) in [4.78, 5) is 25.1. The Hall–Kier alpha value is -2.04. The first-order valence-electron chi connectivity index (χ1n) is 7.16. The summed E-state index contributed by atoms with van der Waals surface area (Å²) in [6.45, 7) is 3.53. The maximum atomic E-state index is 11.7. The Bertz CT molecular complexity index is 471. The highest BCUT2D eigenvalue weighted by molar-refractivity contribution is 5.94. The summed E-state index contributed by atoms with van der Waals surface area (Å²) < 4.78 is 0. The molecule has 20 heavy (non-hydrogen) atoms. The van der Waals surface area contributed by atoms with Gasteiger partial charge in [0.15, 0.2) is 0 Å². The maximum absolute atomic E-state index is 11.7. The zero-order chi connectivity index (χ0) is 14.4. The van der Waals surface area contributed by atoms with Crippen LogP contribution in [-0.4, -0.2) is 25.0 Å². The molecule has 0 aromatic heterocycles. The summed E-state index contributed by atoms with van der Waals surface area (Å²) in [6.07, 6.45) is 3.41. The van der Waals surface area contributed by atoms with Crippen LogP contribution in [0.3, 0.4) is 0 Å². The van der Waals surface area contributed by atoms with E-state index < -0.39 is 0 Å². The SMILES string of the molecule is CCCCC(=O)Nc1ccc(N2CCCNC2=O)cc1. The van der Waals surface area contributed by atoms with Gasteiger partial charge in [-0.1, -0.05) is 13.3 Å². The van der Waals surface area contributed by atoms with E-state index in [1.54, 1.807) is 4.90 Å². The molecule has 1 aromatic carbocycles. The lowest BCUT2D eigenvalue weighted by Crippen LogP contribution is -2.46. The van der Waals surface area contributed by atoms with Gasteiger partial charge in [-0.15, -0.1) is 0 Å². The molecule has 108 valence electrons. The Morgan fingerprint density at radius 3 is 2.75 bits per heavy atom. The number of anilines is 2. The molecule has 0 saturated carbocycles. The highest BCUT2D eigenvalue weighted by Gasteiger charge is 2.18. The van der Waals surface area contributed by atoms with E-state index in [0.29, 0.717) is 6.42 Å². The van der Waals surface area contributed by atoms with E-state index in [1.165, 1.54) is 0 Å². The summed E-state index contributed by atoms with van der Waals surface area (Å²) in [5.74, 6) is 0.0373. The molecule has 0 atom stereocenters. The van der Waals surface area contributed by atoms with Crippen LogP contribution in [0.15, 0.2) is 24.3 Å². The Balaban J connectivity index is 1.95. The van der Waals surface area contributed by atoms with E-state index >= 15 is 0 Å². The van der Waals surface area contributed by atoms with Crippen molar-refractivity contribution in [3.8, 4) is 0 Å². The predicted octanol–water partition coefficient (Wildman–Crippen LogP) is 2.74. The molecule has 0 radical (unpaired) electrons. The monoisotopic (exact) mass is 275 g/mol. The van der Waals surface area contributed by atoms with Crippen LogP contribution in [0, 0.1) is 0 Å². The second kappa shape index (κ2) is 6.93. The normalized spacial score (nSPS) is 14.8. The second-order valence-corrected chi connectivity index (χ2v) is 4.94. The maximum Gasteiger partial charge on any atom is 0.321 e. The molecule has 1 saturated heterocycles. The molecular formula is C15H21N3O2. The number of urea groups is 1. The van der Waals surface area contributed by atoms with E-state index in [2.05, 4.69) is 17.6 Å². The zero-order valence-electron chi connectivity index (χ0n) is 11.8. The molecule has 1 heterocycles. The highest BCUT2D eigenvalue weighted by atomic mass is 16.2. The number of unbranched alkanes of at least 4 members (excludes halogenated alkanes) is 1. The van der Waals surface area contributed by atoms with E-state index in [1.807, 2.05) is 24.3 Å². The van der Waals surface area contributed by atoms with Gasteiger partial charge in [0.2, 0.25) is 5.91 Å². The van der Waals surface area contributed by atoms with Crippen molar-refractivity contribution in [3.05, 3.63) is 24.3 Å².